The molecule has 37 heavy (non-hydrogen) atoms. The van der Waals surface area contributed by atoms with E-state index in [1.54, 1.807) is 48.5 Å². The van der Waals surface area contributed by atoms with Crippen molar-refractivity contribution in [2.45, 2.75) is 18.6 Å². The van der Waals surface area contributed by atoms with Crippen molar-refractivity contribution in [3.05, 3.63) is 120 Å². The Morgan fingerprint density at radius 2 is 1.97 bits per heavy atom. The lowest BCUT2D eigenvalue weighted by molar-refractivity contribution is -0.136. The van der Waals surface area contributed by atoms with E-state index >= 15 is 0 Å². The molecule has 0 fully saturated rings. The van der Waals surface area contributed by atoms with Gasteiger partial charge in [0.2, 0.25) is 5.91 Å². The zero-order chi connectivity index (χ0) is 25.9. The van der Waals surface area contributed by atoms with Crippen molar-refractivity contribution < 1.29 is 23.2 Å². The predicted molar refractivity (Wildman–Crippen MR) is 133 cm³/mol. The summed E-state index contributed by atoms with van der Waals surface area (Å²) in [5, 5.41) is 5.67. The first-order chi connectivity index (χ1) is 18.0. The summed E-state index contributed by atoms with van der Waals surface area (Å²) in [6.45, 7) is 4.07. The summed E-state index contributed by atoms with van der Waals surface area (Å²) in [6.07, 6.45) is 3.08. The molecule has 8 nitrogen and oxygen atoms in total. The van der Waals surface area contributed by atoms with E-state index in [9.17, 15) is 18.8 Å². The Balaban J connectivity index is 1.53. The predicted octanol–water partition coefficient (Wildman–Crippen LogP) is 3.83. The highest BCUT2D eigenvalue weighted by atomic mass is 19.1. The Bertz CT molecular complexity index is 1370. The molecule has 3 aromatic rings. The van der Waals surface area contributed by atoms with Crippen LogP contribution >= 0.6 is 0 Å². The Morgan fingerprint density at radius 3 is 2.68 bits per heavy atom. The Labute approximate surface area is 213 Å². The number of hydrogen-bond donors (Lipinski definition) is 2. The molecule has 0 unspecified atom stereocenters. The molecule has 2 N–H and O–H groups in total. The summed E-state index contributed by atoms with van der Waals surface area (Å²) < 4.78 is 19.4. The maximum Gasteiger partial charge on any atom is 0.322 e. The highest BCUT2D eigenvalue weighted by Gasteiger charge is 2.47. The Morgan fingerprint density at radius 1 is 1.16 bits per heavy atom. The van der Waals surface area contributed by atoms with Crippen LogP contribution in [0.2, 0.25) is 0 Å². The van der Waals surface area contributed by atoms with E-state index in [1.165, 1.54) is 34.3 Å². The summed E-state index contributed by atoms with van der Waals surface area (Å²) in [4.78, 5) is 43.4. The van der Waals surface area contributed by atoms with Crippen molar-refractivity contribution in [1.29, 1.82) is 0 Å². The van der Waals surface area contributed by atoms with Gasteiger partial charge in [0.15, 0.2) is 0 Å². The molecule has 2 aromatic carbocycles. The van der Waals surface area contributed by atoms with Gasteiger partial charge in [-0.05, 0) is 35.4 Å². The van der Waals surface area contributed by atoms with Gasteiger partial charge in [0, 0.05) is 6.54 Å². The van der Waals surface area contributed by atoms with E-state index in [2.05, 4.69) is 17.2 Å². The van der Waals surface area contributed by atoms with Crippen LogP contribution < -0.4 is 10.6 Å². The molecule has 1 aromatic heterocycles. The van der Waals surface area contributed by atoms with Crippen molar-refractivity contribution in [2.75, 3.05) is 13.1 Å². The molecular weight excluding hydrogens is 475 g/mol. The first kappa shape index (κ1) is 24.1. The number of rotatable bonds is 8. The normalized spacial score (nSPS) is 17.9. The fourth-order valence-electron chi connectivity index (χ4n) is 4.77. The van der Waals surface area contributed by atoms with Crippen LogP contribution in [0.4, 0.5) is 9.18 Å². The number of halogens is 1. The molecule has 9 heteroatoms. The van der Waals surface area contributed by atoms with Crippen LogP contribution in [-0.4, -0.2) is 40.7 Å². The van der Waals surface area contributed by atoms with Gasteiger partial charge in [-0.25, -0.2) is 9.18 Å². The van der Waals surface area contributed by atoms with Crippen LogP contribution in [0.25, 0.3) is 0 Å². The molecule has 0 radical (unpaired) electrons. The van der Waals surface area contributed by atoms with E-state index in [1.807, 2.05) is 6.07 Å². The highest BCUT2D eigenvalue weighted by molar-refractivity contribution is 6.03. The fourth-order valence-corrected chi connectivity index (χ4v) is 4.77. The van der Waals surface area contributed by atoms with E-state index in [0.29, 0.717) is 28.2 Å². The summed E-state index contributed by atoms with van der Waals surface area (Å²) in [5.74, 6) is -0.722. The second-order valence-electron chi connectivity index (χ2n) is 8.74. The molecule has 0 aliphatic carbocycles. The lowest BCUT2D eigenvalue weighted by Gasteiger charge is -2.33. The fraction of sp³-hybridized carbons (Fsp3) is 0.179. The number of hydrogen-bond acceptors (Lipinski definition) is 4. The third-order valence-corrected chi connectivity index (χ3v) is 6.44. The largest absolute Gasteiger partial charge is 0.467 e. The minimum Gasteiger partial charge on any atom is -0.467 e. The molecule has 4 amide bonds. The summed E-state index contributed by atoms with van der Waals surface area (Å²) in [6, 6.07) is 15.9. The number of carbonyl (C=O) groups is 3. The highest BCUT2D eigenvalue weighted by Crippen LogP contribution is 2.39. The first-order valence-electron chi connectivity index (χ1n) is 11.8. The molecule has 0 spiro atoms. The van der Waals surface area contributed by atoms with Crippen LogP contribution in [-0.2, 0) is 16.1 Å². The van der Waals surface area contributed by atoms with E-state index < -0.39 is 35.7 Å². The molecule has 188 valence electrons. The zero-order valence-corrected chi connectivity index (χ0v) is 19.9. The molecule has 5 rings (SSSR count). The SMILES string of the molecule is C=CCN1C(=O)N[C@H](c2cccc(F)c2)C2=C1CN([C@@H](C(=O)NCc1ccco1)c1ccccc1)C2=O. The van der Waals surface area contributed by atoms with E-state index in [-0.39, 0.29) is 19.6 Å². The maximum absolute atomic E-state index is 14.1. The van der Waals surface area contributed by atoms with Gasteiger partial charge in [-0.15, -0.1) is 6.58 Å². The average molecular weight is 501 g/mol. The quantitative estimate of drug-likeness (QED) is 0.460. The van der Waals surface area contributed by atoms with Gasteiger partial charge in [0.05, 0.1) is 36.7 Å². The van der Waals surface area contributed by atoms with Crippen molar-refractivity contribution >= 4 is 17.8 Å². The lowest BCUT2D eigenvalue weighted by atomic mass is 9.95. The monoisotopic (exact) mass is 500 g/mol. The minimum atomic E-state index is -0.969. The van der Waals surface area contributed by atoms with Crippen molar-refractivity contribution in [3.8, 4) is 0 Å². The van der Waals surface area contributed by atoms with Crippen LogP contribution in [0.3, 0.4) is 0 Å². The van der Waals surface area contributed by atoms with Crippen LogP contribution in [0.1, 0.15) is 29.0 Å². The van der Waals surface area contributed by atoms with Gasteiger partial charge in [-0.1, -0.05) is 48.5 Å². The number of carbonyl (C=O) groups excluding carboxylic acids is 3. The minimum absolute atomic E-state index is 0.0228. The van der Waals surface area contributed by atoms with E-state index in [0.717, 1.165) is 0 Å². The molecule has 0 saturated heterocycles. The van der Waals surface area contributed by atoms with Gasteiger partial charge >= 0.3 is 6.03 Å². The topological polar surface area (TPSA) is 94.9 Å². The standard InChI is InChI=1S/C28H25FN4O4/c1-2-13-32-22-17-33(27(35)23(22)24(31-28(32)36)19-10-6-11-20(29)15-19)25(18-8-4-3-5-9-18)26(34)30-16-21-12-7-14-37-21/h2-12,14-15,24-25H,1,13,16-17H2,(H,30,34)(H,31,36)/t24-,25-/m1/s1. The smallest absolute Gasteiger partial charge is 0.322 e. The van der Waals surface area contributed by atoms with Gasteiger partial charge < -0.3 is 20.0 Å². The summed E-state index contributed by atoms with van der Waals surface area (Å²) in [5.41, 5.74) is 1.81. The number of nitrogens with one attached hydrogen (secondary N) is 2. The Kier molecular flexibility index (Phi) is 6.59. The van der Waals surface area contributed by atoms with Crippen molar-refractivity contribution in [1.82, 2.24) is 20.4 Å². The molecule has 0 saturated carbocycles. The van der Waals surface area contributed by atoms with Gasteiger partial charge in [0.25, 0.3) is 5.91 Å². The van der Waals surface area contributed by atoms with Crippen molar-refractivity contribution in [2.24, 2.45) is 0 Å². The van der Waals surface area contributed by atoms with Gasteiger partial charge in [-0.3, -0.25) is 14.5 Å². The van der Waals surface area contributed by atoms with Crippen LogP contribution in [0.5, 0.6) is 0 Å². The van der Waals surface area contributed by atoms with Gasteiger partial charge in [0.1, 0.15) is 17.6 Å². The number of urea groups is 1. The van der Waals surface area contributed by atoms with Crippen LogP contribution in [0, 0.1) is 5.82 Å². The number of amides is 4. The zero-order valence-electron chi connectivity index (χ0n) is 19.9. The van der Waals surface area contributed by atoms with Gasteiger partial charge in [-0.2, -0.15) is 0 Å². The van der Waals surface area contributed by atoms with E-state index in [4.69, 9.17) is 4.42 Å². The van der Waals surface area contributed by atoms with Crippen LogP contribution in [0.15, 0.2) is 101 Å². The maximum atomic E-state index is 14.1. The number of nitrogens with zero attached hydrogens (tertiary/aromatic N) is 2. The third-order valence-electron chi connectivity index (χ3n) is 6.44. The van der Waals surface area contributed by atoms with Crippen molar-refractivity contribution in [3.63, 3.8) is 0 Å². The number of benzene rings is 2. The second-order valence-corrected chi connectivity index (χ2v) is 8.74. The second kappa shape index (κ2) is 10.1. The molecule has 2 aliphatic rings. The molecule has 3 heterocycles. The summed E-state index contributed by atoms with van der Waals surface area (Å²) in [7, 11) is 0. The first-order valence-corrected chi connectivity index (χ1v) is 11.8. The Hall–Kier alpha value is -4.66. The molecular formula is C28H25FN4O4. The molecule has 2 aliphatic heterocycles. The summed E-state index contributed by atoms with van der Waals surface area (Å²) >= 11 is 0. The average Bonchev–Trinajstić information content (AvgIpc) is 3.54. The third kappa shape index (κ3) is 4.63. The number of furan rings is 1. The molecule has 2 atom stereocenters. The molecule has 0 bridgehead atoms. The lowest BCUT2D eigenvalue weighted by Crippen LogP contribution is -2.47.